The van der Waals surface area contributed by atoms with Gasteiger partial charge in [-0.1, -0.05) is 0 Å². The van der Waals surface area contributed by atoms with Crippen LogP contribution in [0.4, 0.5) is 11.6 Å². The lowest BCUT2D eigenvalue weighted by Gasteiger charge is -2.10. The Hall–Kier alpha value is -2.21. The minimum absolute atomic E-state index is 0.00342. The van der Waals surface area contributed by atoms with E-state index in [0.717, 1.165) is 0 Å². The third-order valence-electron chi connectivity index (χ3n) is 3.65. The van der Waals surface area contributed by atoms with E-state index in [0.29, 0.717) is 28.6 Å². The van der Waals surface area contributed by atoms with Crippen LogP contribution in [0.2, 0.25) is 0 Å². The first-order valence-electron chi connectivity index (χ1n) is 8.81. The summed E-state index contributed by atoms with van der Waals surface area (Å²) < 4.78 is 27.3. The van der Waals surface area contributed by atoms with E-state index in [1.165, 1.54) is 36.0 Å². The van der Waals surface area contributed by atoms with Crippen LogP contribution in [0, 0.1) is 13.8 Å². The first-order valence-corrected chi connectivity index (χ1v) is 11.4. The van der Waals surface area contributed by atoms with Gasteiger partial charge >= 0.3 is 0 Å². The zero-order chi connectivity index (χ0) is 21.4. The Morgan fingerprint density at radius 3 is 2.38 bits per heavy atom. The number of nitrogens with one attached hydrogen (secondary N) is 2. The van der Waals surface area contributed by atoms with Gasteiger partial charge in [-0.05, 0) is 44.2 Å². The maximum atomic E-state index is 12.5. The monoisotopic (exact) mass is 440 g/mol. The van der Waals surface area contributed by atoms with Crippen LogP contribution in [-0.4, -0.2) is 58.7 Å². The Bertz CT molecular complexity index is 916. The molecule has 9 nitrogen and oxygen atoms in total. The van der Waals surface area contributed by atoms with Gasteiger partial charge in [0.1, 0.15) is 0 Å². The van der Waals surface area contributed by atoms with Crippen molar-refractivity contribution >= 4 is 39.3 Å². The van der Waals surface area contributed by atoms with Crippen LogP contribution >= 0.6 is 11.8 Å². The second-order valence-corrected chi connectivity index (χ2v) is 9.15. The number of carbonyl (C=O) groups is 1. The highest BCUT2D eigenvalue weighted by Crippen LogP contribution is 2.17. The highest BCUT2D eigenvalue weighted by molar-refractivity contribution is 7.99. The number of rotatable bonds is 10. The summed E-state index contributed by atoms with van der Waals surface area (Å²) in [5, 5.41) is 20.6. The molecule has 4 N–H and O–H groups in total. The third-order valence-corrected chi connectivity index (χ3v) is 6.11. The van der Waals surface area contributed by atoms with Crippen molar-refractivity contribution in [1.29, 1.82) is 0 Å². The zero-order valence-electron chi connectivity index (χ0n) is 16.1. The second-order valence-electron chi connectivity index (χ2n) is 6.31. The van der Waals surface area contributed by atoms with E-state index in [-0.39, 0.29) is 29.8 Å². The molecule has 11 heteroatoms. The number of nitrogens with zero attached hydrogens (tertiary/aromatic N) is 2. The van der Waals surface area contributed by atoms with Gasteiger partial charge in [0.2, 0.25) is 11.9 Å². The molecule has 1 atom stereocenters. The number of aryl methyl sites for hydroxylation is 2. The van der Waals surface area contributed by atoms with Crippen LogP contribution < -0.4 is 10.0 Å². The minimum atomic E-state index is -3.86. The van der Waals surface area contributed by atoms with Gasteiger partial charge in [0.15, 0.2) is 0 Å². The molecule has 0 aliphatic carbocycles. The number of carbonyl (C=O) groups excluding carboxylic acids is 1. The molecule has 0 aliphatic heterocycles. The molecule has 0 spiro atoms. The molecule has 1 unspecified atom stereocenters. The van der Waals surface area contributed by atoms with Gasteiger partial charge in [0, 0.05) is 35.0 Å². The number of hydrogen-bond acceptors (Lipinski definition) is 8. The predicted molar refractivity (Wildman–Crippen MR) is 112 cm³/mol. The summed E-state index contributed by atoms with van der Waals surface area (Å²) in [5.41, 5.74) is 1.77. The Morgan fingerprint density at radius 1 is 1.17 bits per heavy atom. The van der Waals surface area contributed by atoms with Crippen molar-refractivity contribution in [2.45, 2.75) is 31.3 Å². The molecule has 29 heavy (non-hydrogen) atoms. The lowest BCUT2D eigenvalue weighted by atomic mass is 10.3. The molecule has 0 saturated heterocycles. The number of anilines is 2. The molecule has 0 aliphatic rings. The molecule has 1 amide bonds. The highest BCUT2D eigenvalue weighted by atomic mass is 32.2. The van der Waals surface area contributed by atoms with Crippen LogP contribution in [0.1, 0.15) is 17.8 Å². The van der Waals surface area contributed by atoms with Crippen molar-refractivity contribution in [3.05, 3.63) is 41.7 Å². The normalized spacial score (nSPS) is 12.4. The molecule has 158 valence electrons. The number of amides is 1. The lowest BCUT2D eigenvalue weighted by Crippen LogP contribution is -2.17. The Balaban J connectivity index is 1.92. The van der Waals surface area contributed by atoms with Crippen molar-refractivity contribution < 1.29 is 23.4 Å². The molecule has 2 rings (SSSR count). The number of hydrogen-bond donors (Lipinski definition) is 4. The minimum Gasteiger partial charge on any atom is -0.394 e. The van der Waals surface area contributed by atoms with E-state index >= 15 is 0 Å². The van der Waals surface area contributed by atoms with Gasteiger partial charge in [-0.15, -0.1) is 0 Å². The van der Waals surface area contributed by atoms with E-state index in [1.807, 2.05) is 0 Å². The summed E-state index contributed by atoms with van der Waals surface area (Å²) in [6.45, 7) is 3.19. The van der Waals surface area contributed by atoms with Crippen LogP contribution in [0.3, 0.4) is 0 Å². The van der Waals surface area contributed by atoms with Gasteiger partial charge in [0.25, 0.3) is 10.0 Å². The summed E-state index contributed by atoms with van der Waals surface area (Å²) >= 11 is 1.36. The average molecular weight is 441 g/mol. The van der Waals surface area contributed by atoms with Gasteiger partial charge in [-0.3, -0.25) is 4.79 Å². The number of aliphatic hydroxyl groups excluding tert-OH is 2. The first kappa shape index (κ1) is 23.1. The summed E-state index contributed by atoms with van der Waals surface area (Å²) in [6.07, 6.45) is -0.561. The molecule has 1 heterocycles. The predicted octanol–water partition coefficient (Wildman–Crippen LogP) is 1.31. The summed E-state index contributed by atoms with van der Waals surface area (Å²) in [6, 6.07) is 7.50. The van der Waals surface area contributed by atoms with Gasteiger partial charge in [-0.2, -0.15) is 11.8 Å². The third kappa shape index (κ3) is 7.61. The fourth-order valence-corrected chi connectivity index (χ4v) is 4.15. The summed E-state index contributed by atoms with van der Waals surface area (Å²) in [4.78, 5) is 20.1. The van der Waals surface area contributed by atoms with Gasteiger partial charge in [0.05, 0.1) is 17.6 Å². The SMILES string of the molecule is Cc1cc(C)nc(NS(=O)(=O)c2ccc(NC(=O)CCSCC(O)CO)cc2)n1. The highest BCUT2D eigenvalue weighted by Gasteiger charge is 2.16. The number of aromatic nitrogens is 2. The van der Waals surface area contributed by atoms with Crippen molar-refractivity contribution in [3.63, 3.8) is 0 Å². The molecule has 0 saturated carbocycles. The van der Waals surface area contributed by atoms with Crippen LogP contribution in [0.25, 0.3) is 0 Å². The fourth-order valence-electron chi connectivity index (χ4n) is 2.33. The van der Waals surface area contributed by atoms with E-state index in [1.54, 1.807) is 19.9 Å². The van der Waals surface area contributed by atoms with Crippen LogP contribution in [-0.2, 0) is 14.8 Å². The topological polar surface area (TPSA) is 142 Å². The van der Waals surface area contributed by atoms with Crippen molar-refractivity contribution in [2.75, 3.05) is 28.2 Å². The number of aliphatic hydroxyl groups is 2. The lowest BCUT2D eigenvalue weighted by molar-refractivity contribution is -0.115. The van der Waals surface area contributed by atoms with Crippen molar-refractivity contribution in [3.8, 4) is 0 Å². The Labute approximate surface area is 174 Å². The molecular weight excluding hydrogens is 416 g/mol. The Morgan fingerprint density at radius 2 is 1.79 bits per heavy atom. The molecule has 2 aromatic rings. The fraction of sp³-hybridized carbons (Fsp3) is 0.389. The standard InChI is InChI=1S/C18H24N4O5S2/c1-12-9-13(2)20-18(19-12)22-29(26,27)16-5-3-14(4-6-16)21-17(25)7-8-28-11-15(24)10-23/h3-6,9,15,23-24H,7-8,10-11H2,1-2H3,(H,21,25)(H,19,20,22). The second kappa shape index (κ2) is 10.5. The van der Waals surface area contributed by atoms with Gasteiger partial charge < -0.3 is 15.5 Å². The van der Waals surface area contributed by atoms with E-state index in [2.05, 4.69) is 20.0 Å². The van der Waals surface area contributed by atoms with Crippen molar-refractivity contribution in [1.82, 2.24) is 9.97 Å². The first-order chi connectivity index (χ1) is 13.7. The zero-order valence-corrected chi connectivity index (χ0v) is 17.8. The maximum absolute atomic E-state index is 12.5. The number of benzene rings is 1. The van der Waals surface area contributed by atoms with E-state index in [9.17, 15) is 18.3 Å². The maximum Gasteiger partial charge on any atom is 0.264 e. The molecule has 1 aromatic carbocycles. The number of sulfonamides is 1. The molecule has 0 bridgehead atoms. The smallest absolute Gasteiger partial charge is 0.264 e. The summed E-state index contributed by atoms with van der Waals surface area (Å²) in [7, 11) is -3.86. The van der Waals surface area contributed by atoms with E-state index < -0.39 is 16.1 Å². The quantitative estimate of drug-likeness (QED) is 0.405. The molecule has 0 fully saturated rings. The molecule has 0 radical (unpaired) electrons. The van der Waals surface area contributed by atoms with Crippen LogP contribution in [0.5, 0.6) is 0 Å². The molecule has 1 aromatic heterocycles. The average Bonchev–Trinajstić information content (AvgIpc) is 2.64. The Kier molecular flexibility index (Phi) is 8.38. The molecular formula is C18H24N4O5S2. The van der Waals surface area contributed by atoms with E-state index in [4.69, 9.17) is 5.11 Å². The van der Waals surface area contributed by atoms with Crippen molar-refractivity contribution in [2.24, 2.45) is 0 Å². The van der Waals surface area contributed by atoms with Gasteiger partial charge in [-0.25, -0.2) is 23.1 Å². The largest absolute Gasteiger partial charge is 0.394 e. The number of thioether (sulfide) groups is 1. The summed E-state index contributed by atoms with van der Waals surface area (Å²) in [5.74, 6) is 0.625. The van der Waals surface area contributed by atoms with Crippen LogP contribution in [0.15, 0.2) is 35.2 Å².